The molecule has 16 heavy (non-hydrogen) atoms. The van der Waals surface area contributed by atoms with Crippen LogP contribution in [-0.4, -0.2) is 11.4 Å². The van der Waals surface area contributed by atoms with Crippen molar-refractivity contribution in [3.63, 3.8) is 0 Å². The fourth-order valence-electron chi connectivity index (χ4n) is 2.12. The van der Waals surface area contributed by atoms with E-state index in [0.717, 1.165) is 25.7 Å². The molecule has 90 valence electrons. The van der Waals surface area contributed by atoms with Gasteiger partial charge in [0.15, 0.2) is 0 Å². The number of hydrogen-bond donors (Lipinski definition) is 1. The first-order chi connectivity index (χ1) is 7.39. The van der Waals surface area contributed by atoms with Gasteiger partial charge in [-0.15, -0.1) is 0 Å². The van der Waals surface area contributed by atoms with Crippen LogP contribution in [-0.2, 0) is 4.79 Å². The largest absolute Gasteiger partial charge is 0.346 e. The lowest BCUT2D eigenvalue weighted by molar-refractivity contribution is -0.125. The zero-order valence-electron chi connectivity index (χ0n) is 10.1. The van der Waals surface area contributed by atoms with E-state index in [-0.39, 0.29) is 11.8 Å². The highest BCUT2D eigenvalue weighted by molar-refractivity contribution is 5.79. The normalized spacial score (nSPS) is 18.5. The lowest BCUT2D eigenvalue weighted by atomic mass is 9.87. The van der Waals surface area contributed by atoms with Crippen molar-refractivity contribution < 1.29 is 9.18 Å². The Morgan fingerprint density at radius 2 is 1.81 bits per heavy atom. The van der Waals surface area contributed by atoms with Crippen LogP contribution in [0.15, 0.2) is 24.6 Å². The van der Waals surface area contributed by atoms with Crippen molar-refractivity contribution in [2.75, 3.05) is 0 Å². The predicted molar refractivity (Wildman–Crippen MR) is 63.6 cm³/mol. The van der Waals surface area contributed by atoms with E-state index in [1.54, 1.807) is 0 Å². The Kier molecular flexibility index (Phi) is 3.89. The van der Waals surface area contributed by atoms with Gasteiger partial charge in [-0.25, -0.2) is 4.39 Å². The molecular formula is C13H20FNO. The molecular weight excluding hydrogens is 205 g/mol. The summed E-state index contributed by atoms with van der Waals surface area (Å²) in [4.78, 5) is 11.7. The third-order valence-corrected chi connectivity index (χ3v) is 3.25. The standard InChI is InChI=1S/C13H20FNO/c1-9(2)12(16)15-13(7-5-6-8-13)10(3)11(4)14/h9H,3-8H2,1-2H3,(H,15,16). The van der Waals surface area contributed by atoms with E-state index in [1.165, 1.54) is 0 Å². The fraction of sp³-hybridized carbons (Fsp3) is 0.615. The van der Waals surface area contributed by atoms with Crippen LogP contribution in [0.3, 0.4) is 0 Å². The van der Waals surface area contributed by atoms with Gasteiger partial charge in [-0.1, -0.05) is 39.8 Å². The second-order valence-electron chi connectivity index (χ2n) is 4.82. The molecule has 0 bridgehead atoms. The maximum Gasteiger partial charge on any atom is 0.223 e. The minimum absolute atomic E-state index is 0.0516. The second-order valence-corrected chi connectivity index (χ2v) is 4.82. The third-order valence-electron chi connectivity index (χ3n) is 3.25. The molecule has 0 aromatic heterocycles. The Hall–Kier alpha value is -1.12. The summed E-state index contributed by atoms with van der Waals surface area (Å²) in [7, 11) is 0. The van der Waals surface area contributed by atoms with Crippen LogP contribution in [0.1, 0.15) is 39.5 Å². The van der Waals surface area contributed by atoms with Crippen LogP contribution in [0.5, 0.6) is 0 Å². The van der Waals surface area contributed by atoms with E-state index in [9.17, 15) is 9.18 Å². The maximum atomic E-state index is 13.2. The number of carbonyl (C=O) groups excluding carboxylic acids is 1. The highest BCUT2D eigenvalue weighted by Crippen LogP contribution is 2.38. The molecule has 0 aromatic rings. The van der Waals surface area contributed by atoms with Crippen LogP contribution in [0, 0.1) is 5.92 Å². The highest BCUT2D eigenvalue weighted by atomic mass is 19.1. The first-order valence-corrected chi connectivity index (χ1v) is 5.75. The molecule has 1 saturated carbocycles. The predicted octanol–water partition coefficient (Wildman–Crippen LogP) is 3.11. The van der Waals surface area contributed by atoms with E-state index in [1.807, 2.05) is 13.8 Å². The van der Waals surface area contributed by atoms with Crippen LogP contribution in [0.2, 0.25) is 0 Å². The lowest BCUT2D eigenvalue weighted by Gasteiger charge is -2.32. The van der Waals surface area contributed by atoms with Crippen molar-refractivity contribution in [3.8, 4) is 0 Å². The van der Waals surface area contributed by atoms with Gasteiger partial charge in [-0.2, -0.15) is 0 Å². The molecule has 3 heteroatoms. The highest BCUT2D eigenvalue weighted by Gasteiger charge is 2.39. The smallest absolute Gasteiger partial charge is 0.223 e. The number of rotatable bonds is 4. The molecule has 0 unspecified atom stereocenters. The maximum absolute atomic E-state index is 13.2. The van der Waals surface area contributed by atoms with Crippen molar-refractivity contribution in [3.05, 3.63) is 24.6 Å². The minimum atomic E-state index is -0.590. The molecule has 1 aliphatic carbocycles. The van der Waals surface area contributed by atoms with Crippen LogP contribution in [0.25, 0.3) is 0 Å². The van der Waals surface area contributed by atoms with Crippen molar-refractivity contribution in [1.82, 2.24) is 5.32 Å². The fourth-order valence-corrected chi connectivity index (χ4v) is 2.12. The molecule has 1 fully saturated rings. The summed E-state index contributed by atoms with van der Waals surface area (Å²) in [6, 6.07) is 0. The summed E-state index contributed by atoms with van der Waals surface area (Å²) in [5.41, 5.74) is -0.258. The van der Waals surface area contributed by atoms with Crippen LogP contribution >= 0.6 is 0 Å². The average Bonchev–Trinajstić information content (AvgIpc) is 2.66. The number of carbonyl (C=O) groups is 1. The minimum Gasteiger partial charge on any atom is -0.346 e. The Morgan fingerprint density at radius 3 is 2.19 bits per heavy atom. The summed E-state index contributed by atoms with van der Waals surface area (Å²) < 4.78 is 13.2. The van der Waals surface area contributed by atoms with Crippen LogP contribution < -0.4 is 5.32 Å². The Labute approximate surface area is 96.6 Å². The van der Waals surface area contributed by atoms with E-state index in [2.05, 4.69) is 18.5 Å². The van der Waals surface area contributed by atoms with Gasteiger partial charge >= 0.3 is 0 Å². The molecule has 1 amide bonds. The quantitative estimate of drug-likeness (QED) is 0.732. The topological polar surface area (TPSA) is 29.1 Å². The third kappa shape index (κ3) is 2.52. The first-order valence-electron chi connectivity index (χ1n) is 5.75. The molecule has 0 aliphatic heterocycles. The van der Waals surface area contributed by atoms with Gasteiger partial charge in [0, 0.05) is 11.5 Å². The Balaban J connectivity index is 2.85. The molecule has 0 atom stereocenters. The monoisotopic (exact) mass is 225 g/mol. The Bertz CT molecular complexity index is 314. The zero-order valence-corrected chi connectivity index (χ0v) is 10.1. The van der Waals surface area contributed by atoms with Crippen molar-refractivity contribution in [2.24, 2.45) is 5.92 Å². The van der Waals surface area contributed by atoms with Gasteiger partial charge in [0.2, 0.25) is 5.91 Å². The van der Waals surface area contributed by atoms with Crippen molar-refractivity contribution in [2.45, 2.75) is 45.1 Å². The van der Waals surface area contributed by atoms with Gasteiger partial charge in [0.1, 0.15) is 5.83 Å². The summed E-state index contributed by atoms with van der Waals surface area (Å²) in [5, 5.41) is 2.93. The number of hydrogen-bond acceptors (Lipinski definition) is 1. The van der Waals surface area contributed by atoms with E-state index < -0.39 is 11.4 Å². The van der Waals surface area contributed by atoms with Crippen molar-refractivity contribution >= 4 is 5.91 Å². The first kappa shape index (κ1) is 12.9. The number of nitrogens with one attached hydrogen (secondary N) is 1. The zero-order chi connectivity index (χ0) is 12.3. The summed E-state index contributed by atoms with van der Waals surface area (Å²) in [6.45, 7) is 10.7. The SMILES string of the molecule is C=C(F)C(=C)C1(NC(=O)C(C)C)CCCC1. The molecule has 0 spiro atoms. The van der Waals surface area contributed by atoms with E-state index >= 15 is 0 Å². The van der Waals surface area contributed by atoms with Gasteiger partial charge in [-0.05, 0) is 12.8 Å². The van der Waals surface area contributed by atoms with Gasteiger partial charge < -0.3 is 5.32 Å². The molecule has 0 radical (unpaired) electrons. The van der Waals surface area contributed by atoms with Crippen LogP contribution in [0.4, 0.5) is 4.39 Å². The second kappa shape index (κ2) is 4.81. The molecule has 1 rings (SSSR count). The summed E-state index contributed by atoms with van der Waals surface area (Å²) in [6.07, 6.45) is 3.50. The van der Waals surface area contributed by atoms with E-state index in [0.29, 0.717) is 5.57 Å². The molecule has 2 nitrogen and oxygen atoms in total. The summed E-state index contributed by atoms with van der Waals surface area (Å²) in [5.74, 6) is -0.673. The molecule has 0 aromatic carbocycles. The molecule has 1 N–H and O–H groups in total. The van der Waals surface area contributed by atoms with Gasteiger partial charge in [0.05, 0.1) is 5.54 Å². The molecule has 1 aliphatic rings. The molecule has 0 heterocycles. The molecule has 0 saturated heterocycles. The van der Waals surface area contributed by atoms with Gasteiger partial charge in [-0.3, -0.25) is 4.79 Å². The van der Waals surface area contributed by atoms with Crippen molar-refractivity contribution in [1.29, 1.82) is 0 Å². The lowest BCUT2D eigenvalue weighted by Crippen LogP contribution is -2.49. The number of amides is 1. The van der Waals surface area contributed by atoms with Gasteiger partial charge in [0.25, 0.3) is 0 Å². The van der Waals surface area contributed by atoms with E-state index in [4.69, 9.17) is 0 Å². The number of halogens is 1. The average molecular weight is 225 g/mol. The Morgan fingerprint density at radius 1 is 1.31 bits per heavy atom. The summed E-state index contributed by atoms with van der Waals surface area (Å²) >= 11 is 0.